The number of allylic oxidation sites excluding steroid dienone is 2. The van der Waals surface area contributed by atoms with Crippen molar-refractivity contribution in [1.29, 1.82) is 0 Å². The van der Waals surface area contributed by atoms with Gasteiger partial charge in [0.1, 0.15) is 9.81 Å². The van der Waals surface area contributed by atoms with Crippen LogP contribution in [0, 0.1) is 0 Å². The van der Waals surface area contributed by atoms with Gasteiger partial charge in [0.25, 0.3) is 40.5 Å². The average molecular weight is 871 g/mol. The normalized spacial score (nSPS) is 16.2. The number of nitrogens with one attached hydrogen (secondary N) is 2. The summed E-state index contributed by atoms with van der Waals surface area (Å²) in [6.07, 6.45) is 5.00. The van der Waals surface area contributed by atoms with Crippen molar-refractivity contribution in [2.45, 2.75) is 9.79 Å². The number of rotatable bonds is 10. The molecule has 0 unspecified atom stereocenters. The predicted octanol–water partition coefficient (Wildman–Crippen LogP) is 3.30. The molecule has 20 nitrogen and oxygen atoms in total. The number of hydrogen-bond donors (Lipinski definition) is 8. The third-order valence-corrected chi connectivity index (χ3v) is 11.7. The number of fused-ring (bicyclic) bond motifs is 2. The lowest BCUT2D eigenvalue weighted by atomic mass is 9.93. The summed E-state index contributed by atoms with van der Waals surface area (Å²) in [6.45, 7) is 0. The fourth-order valence-electron chi connectivity index (χ4n) is 5.62. The molecule has 4 aromatic carbocycles. The first-order chi connectivity index (χ1) is 26.9. The van der Waals surface area contributed by atoms with Gasteiger partial charge in [0.15, 0.2) is 11.4 Å². The molecule has 10 N–H and O–H groups in total. The van der Waals surface area contributed by atoms with Gasteiger partial charge in [0.05, 0.1) is 32.3 Å². The van der Waals surface area contributed by atoms with Crippen molar-refractivity contribution in [3.8, 4) is 0 Å². The molecule has 24 heteroatoms. The lowest BCUT2D eigenvalue weighted by Gasteiger charge is -2.18. The van der Waals surface area contributed by atoms with Crippen molar-refractivity contribution >= 4 is 111 Å². The number of Topliss-reactive ketones (excluding diaryl/α,β-unsaturated/α-hetero) is 2. The maximum absolute atomic E-state index is 13.3. The molecule has 0 aromatic heterocycles. The van der Waals surface area contributed by atoms with Crippen LogP contribution in [-0.4, -0.2) is 74.9 Å². The molecule has 0 saturated carbocycles. The second kappa shape index (κ2) is 14.8. The maximum atomic E-state index is 13.3. The Bertz CT molecular complexity index is 2870. The van der Waals surface area contributed by atoms with Crippen LogP contribution in [0.3, 0.4) is 0 Å². The highest BCUT2D eigenvalue weighted by Gasteiger charge is 2.36. The summed E-state index contributed by atoms with van der Waals surface area (Å²) in [4.78, 5) is 23.2. The first kappa shape index (κ1) is 41.3. The molecule has 0 saturated heterocycles. The number of carbonyl (C=O) groups is 2. The minimum Gasteiger partial charge on any atom is -0.398 e. The highest BCUT2D eigenvalue weighted by atomic mass is 32.2. The largest absolute Gasteiger partial charge is 0.398 e. The zero-order valence-electron chi connectivity index (χ0n) is 28.8. The first-order valence-electron chi connectivity index (χ1n) is 15.8. The summed E-state index contributed by atoms with van der Waals surface area (Å²) in [6, 6.07) is 15.9. The van der Waals surface area contributed by atoms with Gasteiger partial charge in [0.2, 0.25) is 11.6 Å². The molecule has 0 bridgehead atoms. The van der Waals surface area contributed by atoms with E-state index in [9.17, 15) is 61.5 Å². The molecule has 58 heavy (non-hydrogen) atoms. The molecular weight excluding hydrogens is 845 g/mol. The third kappa shape index (κ3) is 8.62. The minimum absolute atomic E-state index is 0.280. The molecule has 300 valence electrons. The van der Waals surface area contributed by atoms with E-state index in [-0.39, 0.29) is 33.6 Å². The van der Waals surface area contributed by atoms with Gasteiger partial charge in [-0.1, -0.05) is 36.4 Å². The molecule has 0 aliphatic heterocycles. The number of hydrazone groups is 2. The highest BCUT2D eigenvalue weighted by Crippen LogP contribution is 2.34. The van der Waals surface area contributed by atoms with Gasteiger partial charge in [-0.05, 0) is 82.9 Å². The van der Waals surface area contributed by atoms with Gasteiger partial charge in [-0.25, -0.2) is 0 Å². The summed E-state index contributed by atoms with van der Waals surface area (Å²) >= 11 is 0. The van der Waals surface area contributed by atoms with Gasteiger partial charge in [-0.2, -0.15) is 43.9 Å². The number of hydrogen-bond acceptors (Lipinski definition) is 16. The molecule has 0 atom stereocenters. The van der Waals surface area contributed by atoms with Crippen molar-refractivity contribution in [1.82, 2.24) is 0 Å². The molecular formula is C34H26N6O14S4. The Morgan fingerprint density at radius 1 is 0.500 bits per heavy atom. The molecule has 2 aliphatic rings. The summed E-state index contributed by atoms with van der Waals surface area (Å²) in [5.41, 5.74) is 15.2. The van der Waals surface area contributed by atoms with E-state index in [1.807, 2.05) is 0 Å². The second-order valence-corrected chi connectivity index (χ2v) is 17.9. The van der Waals surface area contributed by atoms with Gasteiger partial charge < -0.3 is 11.5 Å². The Kier molecular flexibility index (Phi) is 10.6. The number of carbonyl (C=O) groups excluding carboxylic acids is 2. The lowest BCUT2D eigenvalue weighted by molar-refractivity contribution is 0.105. The van der Waals surface area contributed by atoms with E-state index in [1.54, 1.807) is 36.4 Å². The first-order valence-corrected chi connectivity index (χ1v) is 21.5. The third-order valence-electron chi connectivity index (χ3n) is 8.30. The fourth-order valence-corrected chi connectivity index (χ4v) is 8.04. The van der Waals surface area contributed by atoms with Gasteiger partial charge >= 0.3 is 0 Å². The summed E-state index contributed by atoms with van der Waals surface area (Å²) in [5.74, 6) is -2.11. The topological polar surface area (TPSA) is 352 Å². The van der Waals surface area contributed by atoms with Crippen LogP contribution in [-0.2, 0) is 40.5 Å². The van der Waals surface area contributed by atoms with E-state index in [1.165, 1.54) is 24.3 Å². The number of anilines is 4. The number of benzene rings is 4. The number of ketones is 2. The number of nitrogens with two attached hydrogens (primary N) is 2. The SMILES string of the molecule is Nc1cc(S(=O)(=O)O)cc2c1C(=O)/C(=N/Nc1ccc(/C=C/c3ccc(N/N=C4/C(=O)c5c(N)cc(S(=O)(=O)O)cc5C=C4S(=O)(=O)O)cc3)cc1)C(S(=O)(=O)O)=C2. The minimum atomic E-state index is -5.07. The summed E-state index contributed by atoms with van der Waals surface area (Å²) < 4.78 is 133. The second-order valence-electron chi connectivity index (χ2n) is 12.3. The van der Waals surface area contributed by atoms with E-state index >= 15 is 0 Å². The van der Waals surface area contributed by atoms with Crippen LogP contribution in [0.15, 0.2) is 103 Å². The predicted molar refractivity (Wildman–Crippen MR) is 213 cm³/mol. The fraction of sp³-hybridized carbons (Fsp3) is 0. The van der Waals surface area contributed by atoms with Crippen LogP contribution in [0.2, 0.25) is 0 Å². The van der Waals surface area contributed by atoms with E-state index in [0.29, 0.717) is 11.1 Å². The van der Waals surface area contributed by atoms with E-state index < -0.39 is 94.4 Å². The van der Waals surface area contributed by atoms with E-state index in [4.69, 9.17) is 11.5 Å². The van der Waals surface area contributed by atoms with Gasteiger partial charge in [-0.3, -0.25) is 38.7 Å². The average Bonchev–Trinajstić information content (AvgIpc) is 3.12. The Morgan fingerprint density at radius 2 is 0.828 bits per heavy atom. The number of nitrogen functional groups attached to an aromatic ring is 2. The van der Waals surface area contributed by atoms with Crippen molar-refractivity contribution in [2.75, 3.05) is 22.3 Å². The molecule has 4 aromatic rings. The van der Waals surface area contributed by atoms with E-state index in [2.05, 4.69) is 21.1 Å². The van der Waals surface area contributed by atoms with Crippen LogP contribution in [0.25, 0.3) is 24.3 Å². The molecule has 0 spiro atoms. The van der Waals surface area contributed by atoms with Crippen LogP contribution in [0.1, 0.15) is 43.0 Å². The monoisotopic (exact) mass is 870 g/mol. The highest BCUT2D eigenvalue weighted by molar-refractivity contribution is 7.91. The van der Waals surface area contributed by atoms with Crippen molar-refractivity contribution in [3.05, 3.63) is 116 Å². The van der Waals surface area contributed by atoms with E-state index in [0.717, 1.165) is 36.4 Å². The Labute approximate surface area is 329 Å². The molecule has 0 heterocycles. The molecule has 0 radical (unpaired) electrons. The zero-order valence-corrected chi connectivity index (χ0v) is 32.1. The Balaban J connectivity index is 1.16. The van der Waals surface area contributed by atoms with Crippen LogP contribution < -0.4 is 22.3 Å². The summed E-state index contributed by atoms with van der Waals surface area (Å²) in [5, 5.41) is 7.74. The molecule has 0 amide bonds. The number of nitrogens with zero attached hydrogens (tertiary/aromatic N) is 2. The van der Waals surface area contributed by atoms with Gasteiger partial charge in [-0.15, -0.1) is 0 Å². The van der Waals surface area contributed by atoms with Gasteiger partial charge in [0, 0.05) is 11.4 Å². The smallest absolute Gasteiger partial charge is 0.296 e. The molecule has 2 aliphatic carbocycles. The van der Waals surface area contributed by atoms with Crippen LogP contribution in [0.4, 0.5) is 22.7 Å². The molecule has 6 rings (SSSR count). The Morgan fingerprint density at radius 3 is 1.12 bits per heavy atom. The van der Waals surface area contributed by atoms with Crippen LogP contribution in [0.5, 0.6) is 0 Å². The summed E-state index contributed by atoms with van der Waals surface area (Å²) in [7, 11) is -19.7. The Hall–Kier alpha value is -6.38. The van der Waals surface area contributed by atoms with Crippen molar-refractivity contribution < 1.29 is 61.5 Å². The lowest BCUT2D eigenvalue weighted by Crippen LogP contribution is -2.28. The standard InChI is InChI=1S/C34H26N6O14S4/c35-25-15-23(55(43,44)45)11-19-13-27(57(49,50)51)31(33(41)29(19)25)39-37-21-7-3-17(4-8-21)1-2-18-5-9-22(10-6-18)38-40-32-28(58(52,53)54)14-20-12-24(56(46,47)48)16-26(36)30(20)34(32)42/h1-16,37-38H,35-36H2,(H,43,44,45)(H,46,47,48)(H,49,50,51)(H,52,53,54)/b2-1+,39-31+,40-32+. The molecule has 0 fully saturated rings. The van der Waals surface area contributed by atoms with Crippen molar-refractivity contribution in [2.24, 2.45) is 10.2 Å². The zero-order chi connectivity index (χ0) is 42.5. The quantitative estimate of drug-likeness (QED) is 0.0490. The van der Waals surface area contributed by atoms with Crippen molar-refractivity contribution in [3.63, 3.8) is 0 Å². The van der Waals surface area contributed by atoms with Crippen LogP contribution >= 0.6 is 0 Å². The maximum Gasteiger partial charge on any atom is 0.296 e.